The molecule has 0 spiro atoms. The van der Waals surface area contributed by atoms with Crippen LogP contribution in [0.4, 0.5) is 0 Å². The lowest BCUT2D eigenvalue weighted by atomic mass is 10.1. The number of hydrogen-bond acceptors (Lipinski definition) is 2. The van der Waals surface area contributed by atoms with Crippen LogP contribution in [0.15, 0.2) is 24.3 Å². The Morgan fingerprint density at radius 3 is 2.24 bits per heavy atom. The summed E-state index contributed by atoms with van der Waals surface area (Å²) in [5.41, 5.74) is 4.19. The molecule has 2 aromatic rings. The van der Waals surface area contributed by atoms with E-state index in [9.17, 15) is 0 Å². The predicted octanol–water partition coefficient (Wildman–Crippen LogP) is 3.98. The Bertz CT molecular complexity index is 509. The first-order valence-electron chi connectivity index (χ1n) is 5.72. The van der Waals surface area contributed by atoms with Crippen molar-refractivity contribution < 1.29 is 0 Å². The quantitative estimate of drug-likeness (QED) is 0.750. The molecule has 2 nitrogen and oxygen atoms in total. The van der Waals surface area contributed by atoms with Crippen molar-refractivity contribution in [1.82, 2.24) is 9.97 Å². The lowest BCUT2D eigenvalue weighted by Gasteiger charge is -2.06. The number of hydrogen-bond donors (Lipinski definition) is 0. The zero-order chi connectivity index (χ0) is 12.4. The maximum absolute atomic E-state index is 6.08. The lowest BCUT2D eigenvalue weighted by molar-refractivity contribution is 1.07. The molecule has 1 heterocycles. The Balaban J connectivity index is 2.45. The maximum atomic E-state index is 6.08. The lowest BCUT2D eigenvalue weighted by Crippen LogP contribution is -1.96. The van der Waals surface area contributed by atoms with Gasteiger partial charge < -0.3 is 0 Å². The summed E-state index contributed by atoms with van der Waals surface area (Å²) in [4.78, 5) is 8.78. The van der Waals surface area contributed by atoms with Gasteiger partial charge in [0.2, 0.25) is 0 Å². The van der Waals surface area contributed by atoms with E-state index in [4.69, 9.17) is 11.6 Å². The van der Waals surface area contributed by atoms with Gasteiger partial charge in [0.1, 0.15) is 5.15 Å². The van der Waals surface area contributed by atoms with Gasteiger partial charge in [-0.15, -0.1) is 0 Å². The molecule has 0 atom stereocenters. The van der Waals surface area contributed by atoms with Gasteiger partial charge in [0.25, 0.3) is 0 Å². The second-order valence-corrected chi connectivity index (χ2v) is 4.46. The average Bonchev–Trinajstić information content (AvgIpc) is 2.35. The molecule has 0 saturated heterocycles. The normalized spacial score (nSPS) is 10.6. The van der Waals surface area contributed by atoms with Crippen molar-refractivity contribution in [2.45, 2.75) is 27.2 Å². The van der Waals surface area contributed by atoms with E-state index in [2.05, 4.69) is 29.0 Å². The summed E-state index contributed by atoms with van der Waals surface area (Å²) in [6.45, 7) is 6.02. The first-order chi connectivity index (χ1) is 8.11. The standard InChI is InChI=1S/C14H15ClN2/c1-4-11-5-7-12(8-6-11)14-16-10(3)9(2)13(15)17-14/h5-8H,4H2,1-3H3. The second-order valence-electron chi connectivity index (χ2n) is 4.10. The Labute approximate surface area is 107 Å². The van der Waals surface area contributed by atoms with Crippen molar-refractivity contribution in [3.63, 3.8) is 0 Å². The molecule has 0 aliphatic heterocycles. The fraction of sp³-hybridized carbons (Fsp3) is 0.286. The van der Waals surface area contributed by atoms with Gasteiger partial charge in [0.05, 0.1) is 0 Å². The Hall–Kier alpha value is -1.41. The monoisotopic (exact) mass is 246 g/mol. The third kappa shape index (κ3) is 2.47. The first kappa shape index (κ1) is 12.1. The molecule has 3 heteroatoms. The minimum atomic E-state index is 0.534. The molecule has 88 valence electrons. The van der Waals surface area contributed by atoms with E-state index in [-0.39, 0.29) is 0 Å². The van der Waals surface area contributed by atoms with Crippen LogP contribution >= 0.6 is 11.6 Å². The summed E-state index contributed by atoms with van der Waals surface area (Å²) < 4.78 is 0. The van der Waals surface area contributed by atoms with E-state index in [1.54, 1.807) is 0 Å². The summed E-state index contributed by atoms with van der Waals surface area (Å²) in [6.07, 6.45) is 1.04. The molecule has 1 aromatic carbocycles. The highest BCUT2D eigenvalue weighted by atomic mass is 35.5. The van der Waals surface area contributed by atoms with Crippen LogP contribution in [0.2, 0.25) is 5.15 Å². The fourth-order valence-electron chi connectivity index (χ4n) is 1.61. The third-order valence-electron chi connectivity index (χ3n) is 2.95. The molecular formula is C14H15ClN2. The Morgan fingerprint density at radius 2 is 1.71 bits per heavy atom. The van der Waals surface area contributed by atoms with Crippen LogP contribution in [-0.4, -0.2) is 9.97 Å². The SMILES string of the molecule is CCc1ccc(-c2nc(C)c(C)c(Cl)n2)cc1. The highest BCUT2D eigenvalue weighted by Gasteiger charge is 2.07. The summed E-state index contributed by atoms with van der Waals surface area (Å²) in [5, 5.41) is 0.534. The van der Waals surface area contributed by atoms with Gasteiger partial charge in [0, 0.05) is 16.8 Å². The average molecular weight is 247 g/mol. The smallest absolute Gasteiger partial charge is 0.161 e. The van der Waals surface area contributed by atoms with Crippen molar-refractivity contribution in [1.29, 1.82) is 0 Å². The van der Waals surface area contributed by atoms with Crippen LogP contribution in [0.3, 0.4) is 0 Å². The largest absolute Gasteiger partial charge is 0.233 e. The molecule has 0 aliphatic carbocycles. The summed E-state index contributed by atoms with van der Waals surface area (Å²) >= 11 is 6.08. The van der Waals surface area contributed by atoms with E-state index in [0.29, 0.717) is 11.0 Å². The molecule has 0 aliphatic rings. The van der Waals surface area contributed by atoms with Crippen molar-refractivity contribution in [2.75, 3.05) is 0 Å². The molecule has 0 fully saturated rings. The highest BCUT2D eigenvalue weighted by Crippen LogP contribution is 2.21. The number of benzene rings is 1. The number of aryl methyl sites for hydroxylation is 2. The van der Waals surface area contributed by atoms with Crippen LogP contribution in [0, 0.1) is 13.8 Å². The van der Waals surface area contributed by atoms with Crippen LogP contribution in [0.5, 0.6) is 0 Å². The molecule has 0 saturated carbocycles. The van der Waals surface area contributed by atoms with Crippen LogP contribution < -0.4 is 0 Å². The van der Waals surface area contributed by atoms with Gasteiger partial charge in [0.15, 0.2) is 5.82 Å². The van der Waals surface area contributed by atoms with Crippen LogP contribution in [0.1, 0.15) is 23.7 Å². The summed E-state index contributed by atoms with van der Waals surface area (Å²) in [6, 6.07) is 8.28. The summed E-state index contributed by atoms with van der Waals surface area (Å²) in [7, 11) is 0. The molecule has 17 heavy (non-hydrogen) atoms. The number of halogens is 1. The minimum Gasteiger partial charge on any atom is -0.233 e. The van der Waals surface area contributed by atoms with Crippen LogP contribution in [-0.2, 0) is 6.42 Å². The molecule has 1 aromatic heterocycles. The topological polar surface area (TPSA) is 25.8 Å². The molecule has 0 N–H and O–H groups in total. The fourth-order valence-corrected chi connectivity index (χ4v) is 1.83. The third-order valence-corrected chi connectivity index (χ3v) is 3.32. The Kier molecular flexibility index (Phi) is 3.43. The molecule has 0 radical (unpaired) electrons. The van der Waals surface area contributed by atoms with E-state index >= 15 is 0 Å². The van der Waals surface area contributed by atoms with Gasteiger partial charge in [-0.25, -0.2) is 9.97 Å². The molecule has 0 bridgehead atoms. The van der Waals surface area contributed by atoms with Crippen molar-refractivity contribution >= 4 is 11.6 Å². The molecule has 2 rings (SSSR count). The zero-order valence-corrected chi connectivity index (χ0v) is 11.0. The number of rotatable bonds is 2. The molecular weight excluding hydrogens is 232 g/mol. The first-order valence-corrected chi connectivity index (χ1v) is 6.09. The summed E-state index contributed by atoms with van der Waals surface area (Å²) in [5.74, 6) is 0.695. The predicted molar refractivity (Wildman–Crippen MR) is 71.3 cm³/mol. The van der Waals surface area contributed by atoms with Crippen molar-refractivity contribution in [3.05, 3.63) is 46.2 Å². The van der Waals surface area contributed by atoms with E-state index in [1.807, 2.05) is 26.0 Å². The molecule has 0 unspecified atom stereocenters. The van der Waals surface area contributed by atoms with E-state index in [0.717, 1.165) is 23.2 Å². The minimum absolute atomic E-state index is 0.534. The van der Waals surface area contributed by atoms with Crippen molar-refractivity contribution in [3.8, 4) is 11.4 Å². The van der Waals surface area contributed by atoms with Gasteiger partial charge in [-0.1, -0.05) is 42.8 Å². The number of aromatic nitrogens is 2. The number of nitrogens with zero attached hydrogens (tertiary/aromatic N) is 2. The van der Waals surface area contributed by atoms with E-state index < -0.39 is 0 Å². The van der Waals surface area contributed by atoms with Crippen LogP contribution in [0.25, 0.3) is 11.4 Å². The molecule has 0 amide bonds. The van der Waals surface area contributed by atoms with E-state index in [1.165, 1.54) is 5.56 Å². The Morgan fingerprint density at radius 1 is 1.06 bits per heavy atom. The maximum Gasteiger partial charge on any atom is 0.161 e. The van der Waals surface area contributed by atoms with Gasteiger partial charge in [-0.2, -0.15) is 0 Å². The second kappa shape index (κ2) is 4.84. The van der Waals surface area contributed by atoms with Gasteiger partial charge in [-0.05, 0) is 25.8 Å². The zero-order valence-electron chi connectivity index (χ0n) is 10.3. The van der Waals surface area contributed by atoms with Gasteiger partial charge >= 0.3 is 0 Å². The highest BCUT2D eigenvalue weighted by molar-refractivity contribution is 6.30. The van der Waals surface area contributed by atoms with Gasteiger partial charge in [-0.3, -0.25) is 0 Å². The van der Waals surface area contributed by atoms with Crippen molar-refractivity contribution in [2.24, 2.45) is 0 Å².